The van der Waals surface area contributed by atoms with E-state index in [-0.39, 0.29) is 11.8 Å². The Morgan fingerprint density at radius 3 is 2.48 bits per heavy atom. The van der Waals surface area contributed by atoms with Gasteiger partial charge in [-0.05, 0) is 23.6 Å². The highest BCUT2D eigenvalue weighted by Gasteiger charge is 2.16. The highest BCUT2D eigenvalue weighted by Crippen LogP contribution is 2.24. The highest BCUT2D eigenvalue weighted by molar-refractivity contribution is 7.98. The van der Waals surface area contributed by atoms with E-state index in [4.69, 9.17) is 10.9 Å². The molecule has 0 fully saturated rings. The van der Waals surface area contributed by atoms with E-state index in [9.17, 15) is 0 Å². The van der Waals surface area contributed by atoms with Gasteiger partial charge < -0.3 is 10.9 Å². The summed E-state index contributed by atoms with van der Waals surface area (Å²) >= 11 is 1.80. The lowest BCUT2D eigenvalue weighted by Crippen LogP contribution is -2.24. The van der Waals surface area contributed by atoms with Crippen molar-refractivity contribution in [2.45, 2.75) is 18.6 Å². The van der Waals surface area contributed by atoms with E-state index in [1.54, 1.807) is 11.8 Å². The lowest BCUT2D eigenvalue weighted by molar-refractivity contribution is 0.316. The van der Waals surface area contributed by atoms with Crippen molar-refractivity contribution in [3.8, 4) is 0 Å². The van der Waals surface area contributed by atoms with E-state index in [0.29, 0.717) is 0 Å². The zero-order chi connectivity index (χ0) is 15.1. The maximum Gasteiger partial charge on any atom is 0.147 e. The number of benzene rings is 2. The molecule has 0 aromatic heterocycles. The van der Waals surface area contributed by atoms with Crippen LogP contribution >= 0.6 is 11.8 Å². The Morgan fingerprint density at radius 2 is 1.81 bits per heavy atom. The summed E-state index contributed by atoms with van der Waals surface area (Å²) in [6.45, 7) is 2.12. The molecular formula is C17H20N2OS. The van der Waals surface area contributed by atoms with Crippen molar-refractivity contribution < 1.29 is 5.21 Å². The quantitative estimate of drug-likeness (QED) is 0.369. The molecule has 0 saturated heterocycles. The zero-order valence-electron chi connectivity index (χ0n) is 12.1. The molecule has 0 heterocycles. The normalized spacial score (nSPS) is 13.1. The summed E-state index contributed by atoms with van der Waals surface area (Å²) in [4.78, 5) is 0. The van der Waals surface area contributed by atoms with E-state index in [1.165, 1.54) is 11.1 Å². The summed E-state index contributed by atoms with van der Waals surface area (Å²) in [6, 6.07) is 18.3. The number of nitrogens with zero attached hydrogens (tertiary/aromatic N) is 1. The second kappa shape index (κ2) is 7.74. The van der Waals surface area contributed by atoms with Crippen LogP contribution in [0.5, 0.6) is 0 Å². The third-order valence-corrected chi connectivity index (χ3v) is 4.56. The summed E-state index contributed by atoms with van der Waals surface area (Å²) < 4.78 is 0. The van der Waals surface area contributed by atoms with Crippen molar-refractivity contribution in [2.24, 2.45) is 10.9 Å². The minimum absolute atomic E-state index is 0.0646. The van der Waals surface area contributed by atoms with Gasteiger partial charge in [-0.2, -0.15) is 11.8 Å². The fourth-order valence-corrected chi connectivity index (χ4v) is 3.43. The fourth-order valence-electron chi connectivity index (χ4n) is 2.17. The first-order valence-electron chi connectivity index (χ1n) is 6.87. The largest absolute Gasteiger partial charge is 0.409 e. The molecule has 21 heavy (non-hydrogen) atoms. The van der Waals surface area contributed by atoms with Gasteiger partial charge in [0, 0.05) is 11.5 Å². The number of rotatable bonds is 6. The van der Waals surface area contributed by atoms with Crippen LogP contribution in [0.25, 0.3) is 0 Å². The molecule has 0 amide bonds. The first-order valence-corrected chi connectivity index (χ1v) is 8.02. The topological polar surface area (TPSA) is 58.6 Å². The van der Waals surface area contributed by atoms with Crippen LogP contribution < -0.4 is 5.73 Å². The average Bonchev–Trinajstić information content (AvgIpc) is 2.53. The smallest absolute Gasteiger partial charge is 0.147 e. The Balaban J connectivity index is 2.02. The van der Waals surface area contributed by atoms with Crippen molar-refractivity contribution in [3.63, 3.8) is 0 Å². The number of thioether (sulfide) groups is 1. The number of amidine groups is 1. The van der Waals surface area contributed by atoms with Crippen LogP contribution in [-0.4, -0.2) is 16.8 Å². The first kappa shape index (κ1) is 15.4. The lowest BCUT2D eigenvalue weighted by atomic mass is 10.0. The molecule has 1 unspecified atom stereocenters. The van der Waals surface area contributed by atoms with Crippen LogP contribution in [0.4, 0.5) is 0 Å². The molecule has 2 aromatic rings. The van der Waals surface area contributed by atoms with Crippen LogP contribution in [0.3, 0.4) is 0 Å². The van der Waals surface area contributed by atoms with Gasteiger partial charge in [0.1, 0.15) is 5.84 Å². The fraction of sp³-hybridized carbons (Fsp3) is 0.235. The van der Waals surface area contributed by atoms with Gasteiger partial charge >= 0.3 is 0 Å². The van der Waals surface area contributed by atoms with Crippen LogP contribution in [0.15, 0.2) is 59.8 Å². The molecule has 110 valence electrons. The Morgan fingerprint density at radius 1 is 1.14 bits per heavy atom. The average molecular weight is 300 g/mol. The van der Waals surface area contributed by atoms with Gasteiger partial charge in [0.2, 0.25) is 0 Å². The van der Waals surface area contributed by atoms with E-state index in [1.807, 2.05) is 36.4 Å². The number of oxime groups is 1. The van der Waals surface area contributed by atoms with Gasteiger partial charge in [-0.15, -0.1) is 0 Å². The summed E-state index contributed by atoms with van der Waals surface area (Å²) in [6.07, 6.45) is 0. The third-order valence-electron chi connectivity index (χ3n) is 3.48. The van der Waals surface area contributed by atoms with Gasteiger partial charge in [0.15, 0.2) is 0 Å². The molecule has 2 rings (SSSR count). The van der Waals surface area contributed by atoms with E-state index >= 15 is 0 Å². The molecule has 4 heteroatoms. The number of hydrogen-bond acceptors (Lipinski definition) is 3. The molecule has 0 bridgehead atoms. The van der Waals surface area contributed by atoms with Gasteiger partial charge in [-0.3, -0.25) is 0 Å². The maximum atomic E-state index is 8.98. The Kier molecular flexibility index (Phi) is 5.69. The summed E-state index contributed by atoms with van der Waals surface area (Å²) in [5.41, 5.74) is 9.54. The molecule has 0 spiro atoms. The van der Waals surface area contributed by atoms with Crippen molar-refractivity contribution >= 4 is 17.6 Å². The summed E-state index contributed by atoms with van der Waals surface area (Å²) in [5, 5.41) is 12.2. The van der Waals surface area contributed by atoms with Crippen LogP contribution in [0.1, 0.15) is 22.6 Å². The molecule has 3 N–H and O–H groups in total. The Hall–Kier alpha value is -1.94. The number of aryl methyl sites for hydroxylation is 1. The van der Waals surface area contributed by atoms with Crippen LogP contribution in [-0.2, 0) is 5.75 Å². The van der Waals surface area contributed by atoms with Crippen molar-refractivity contribution in [2.75, 3.05) is 5.75 Å². The van der Waals surface area contributed by atoms with E-state index < -0.39 is 0 Å². The van der Waals surface area contributed by atoms with Crippen molar-refractivity contribution in [3.05, 3.63) is 71.3 Å². The second-order valence-electron chi connectivity index (χ2n) is 4.93. The minimum atomic E-state index is -0.0646. The van der Waals surface area contributed by atoms with Crippen LogP contribution in [0, 0.1) is 6.92 Å². The maximum absolute atomic E-state index is 8.98. The molecule has 0 aliphatic rings. The van der Waals surface area contributed by atoms with Gasteiger partial charge in [-0.25, -0.2) is 0 Å². The minimum Gasteiger partial charge on any atom is -0.409 e. The molecule has 0 radical (unpaired) electrons. The summed E-state index contributed by atoms with van der Waals surface area (Å²) in [5.74, 6) is 1.91. The molecule has 0 aliphatic carbocycles. The SMILES string of the molecule is Cc1ccccc1CSCC(C(N)=NO)c1ccccc1. The molecule has 1 atom stereocenters. The molecule has 0 saturated carbocycles. The Labute approximate surface area is 129 Å². The number of nitrogens with two attached hydrogens (primary N) is 1. The van der Waals surface area contributed by atoms with Gasteiger partial charge in [0.25, 0.3) is 0 Å². The van der Waals surface area contributed by atoms with Gasteiger partial charge in [0.05, 0.1) is 5.92 Å². The van der Waals surface area contributed by atoms with Gasteiger partial charge in [-0.1, -0.05) is 59.8 Å². The molecule has 3 nitrogen and oxygen atoms in total. The van der Waals surface area contributed by atoms with E-state index in [0.717, 1.165) is 17.1 Å². The lowest BCUT2D eigenvalue weighted by Gasteiger charge is -2.16. The highest BCUT2D eigenvalue weighted by atomic mass is 32.2. The monoisotopic (exact) mass is 300 g/mol. The zero-order valence-corrected chi connectivity index (χ0v) is 12.9. The third kappa shape index (κ3) is 4.26. The predicted molar refractivity (Wildman–Crippen MR) is 89.9 cm³/mol. The summed E-state index contributed by atoms with van der Waals surface area (Å²) in [7, 11) is 0. The van der Waals surface area contributed by atoms with Crippen LogP contribution in [0.2, 0.25) is 0 Å². The number of hydrogen-bond donors (Lipinski definition) is 2. The van der Waals surface area contributed by atoms with E-state index in [2.05, 4.69) is 30.3 Å². The van der Waals surface area contributed by atoms with Crippen molar-refractivity contribution in [1.82, 2.24) is 0 Å². The molecule has 0 aliphatic heterocycles. The first-order chi connectivity index (χ1) is 10.2. The Bertz CT molecular complexity index is 599. The molecule has 2 aromatic carbocycles. The van der Waals surface area contributed by atoms with Crippen molar-refractivity contribution in [1.29, 1.82) is 0 Å². The molecular weight excluding hydrogens is 280 g/mol. The predicted octanol–water partition coefficient (Wildman–Crippen LogP) is 3.76. The second-order valence-corrected chi connectivity index (χ2v) is 5.96. The standard InChI is InChI=1S/C17H20N2OS/c1-13-7-5-6-10-15(13)11-21-12-16(17(18)19-20)14-8-3-2-4-9-14/h2-10,16,20H,11-12H2,1H3,(H2,18,19).